The van der Waals surface area contributed by atoms with Gasteiger partial charge in [-0.1, -0.05) is 65.5 Å². The van der Waals surface area contributed by atoms with Crippen LogP contribution in [0.5, 0.6) is 0 Å². The molecule has 5 heteroatoms. The third-order valence-corrected chi connectivity index (χ3v) is 11.8. The van der Waals surface area contributed by atoms with E-state index in [1.807, 2.05) is 0 Å². The van der Waals surface area contributed by atoms with Gasteiger partial charge in [-0.3, -0.25) is 0 Å². The molecule has 0 fully saturated rings. The SMILES string of the molecule is CCCC[P+](CCCC)(CCCC)CCCC.Cc1cccc(S(=O)(=O)[O-])c1C. The van der Waals surface area contributed by atoms with Crippen molar-refractivity contribution in [3.8, 4) is 0 Å². The first-order valence-electron chi connectivity index (χ1n) is 11.5. The van der Waals surface area contributed by atoms with Crippen LogP contribution >= 0.6 is 7.26 Å². The molecule has 29 heavy (non-hydrogen) atoms. The van der Waals surface area contributed by atoms with Gasteiger partial charge in [-0.2, -0.15) is 0 Å². The molecule has 1 aromatic carbocycles. The van der Waals surface area contributed by atoms with E-state index in [1.165, 1.54) is 57.4 Å². The predicted octanol–water partition coefficient (Wildman–Crippen LogP) is 7.41. The molecule has 170 valence electrons. The van der Waals surface area contributed by atoms with E-state index in [0.717, 1.165) is 5.56 Å². The topological polar surface area (TPSA) is 57.2 Å². The van der Waals surface area contributed by atoms with Crippen molar-refractivity contribution in [1.29, 1.82) is 0 Å². The molecular weight excluding hydrogens is 399 g/mol. The van der Waals surface area contributed by atoms with Gasteiger partial charge in [-0.25, -0.2) is 8.42 Å². The zero-order chi connectivity index (χ0) is 22.3. The summed E-state index contributed by atoms with van der Waals surface area (Å²) in [5, 5.41) is 0. The monoisotopic (exact) mass is 444 g/mol. The molecule has 0 amide bonds. The normalized spacial score (nSPS) is 11.8. The maximum Gasteiger partial charge on any atom is 0.124 e. The molecule has 1 rings (SSSR count). The largest absolute Gasteiger partial charge is 0.744 e. The maximum atomic E-state index is 10.7. The molecular formula is C24H45O3PS. The Morgan fingerprint density at radius 1 is 0.759 bits per heavy atom. The number of benzene rings is 1. The molecule has 0 N–H and O–H groups in total. The summed E-state index contributed by atoms with van der Waals surface area (Å²) in [6, 6.07) is 4.65. The second-order valence-corrected chi connectivity index (χ2v) is 14.1. The number of rotatable bonds is 13. The van der Waals surface area contributed by atoms with Crippen LogP contribution in [-0.4, -0.2) is 37.6 Å². The maximum absolute atomic E-state index is 10.7. The van der Waals surface area contributed by atoms with Crippen molar-refractivity contribution in [2.45, 2.75) is 97.8 Å². The molecule has 0 saturated carbocycles. The predicted molar refractivity (Wildman–Crippen MR) is 130 cm³/mol. The Labute approximate surface area is 182 Å². The Balaban J connectivity index is 0.000000571. The van der Waals surface area contributed by atoms with Crippen molar-refractivity contribution >= 4 is 17.4 Å². The van der Waals surface area contributed by atoms with Crippen LogP contribution in [0.4, 0.5) is 0 Å². The van der Waals surface area contributed by atoms with E-state index >= 15 is 0 Å². The third kappa shape index (κ3) is 11.5. The standard InChI is InChI=1S/C16H36P.C8H10O3S/c1-5-9-13-17(14-10-6-2,15-11-7-3)16-12-8-4;1-6-4-3-5-8(7(6)2)12(9,10)11/h5-16H2,1-4H3;3-5H,1-2H3,(H,9,10,11)/q+1;/p-1. The Morgan fingerprint density at radius 2 is 1.14 bits per heavy atom. The van der Waals surface area contributed by atoms with Crippen LogP contribution in [-0.2, 0) is 10.1 Å². The molecule has 0 radical (unpaired) electrons. The summed E-state index contributed by atoms with van der Waals surface area (Å²) < 4.78 is 32.0. The molecule has 0 aromatic heterocycles. The summed E-state index contributed by atoms with van der Waals surface area (Å²) in [7, 11) is -4.87. The second kappa shape index (κ2) is 15.4. The molecule has 0 heterocycles. The molecule has 0 aliphatic rings. The van der Waals surface area contributed by atoms with Gasteiger partial charge in [0.1, 0.15) is 10.1 Å². The smallest absolute Gasteiger partial charge is 0.124 e. The van der Waals surface area contributed by atoms with Gasteiger partial charge in [0.05, 0.1) is 29.5 Å². The highest BCUT2D eigenvalue weighted by Gasteiger charge is 2.34. The molecule has 0 spiro atoms. The molecule has 1 aromatic rings. The zero-order valence-electron chi connectivity index (χ0n) is 19.8. The van der Waals surface area contributed by atoms with E-state index in [0.29, 0.717) is 5.56 Å². The Morgan fingerprint density at radius 3 is 1.41 bits per heavy atom. The molecule has 0 saturated heterocycles. The first-order valence-corrected chi connectivity index (χ1v) is 15.5. The minimum Gasteiger partial charge on any atom is -0.744 e. The molecule has 0 unspecified atom stereocenters. The van der Waals surface area contributed by atoms with Gasteiger partial charge >= 0.3 is 0 Å². The lowest BCUT2D eigenvalue weighted by Gasteiger charge is -2.28. The molecule has 0 aliphatic heterocycles. The van der Waals surface area contributed by atoms with Crippen LogP contribution < -0.4 is 0 Å². The van der Waals surface area contributed by atoms with Gasteiger partial charge in [0.2, 0.25) is 0 Å². The lowest BCUT2D eigenvalue weighted by Crippen LogP contribution is -2.12. The van der Waals surface area contributed by atoms with Crippen LogP contribution in [0.25, 0.3) is 0 Å². The van der Waals surface area contributed by atoms with Crippen LogP contribution in [0.15, 0.2) is 23.1 Å². The van der Waals surface area contributed by atoms with Gasteiger partial charge in [-0.15, -0.1) is 0 Å². The summed E-state index contributed by atoms with van der Waals surface area (Å²) in [4.78, 5) is -0.123. The first kappa shape index (κ1) is 28.6. The summed E-state index contributed by atoms with van der Waals surface area (Å²) >= 11 is 0. The minimum absolute atomic E-state index is 0.123. The molecule has 0 aliphatic carbocycles. The van der Waals surface area contributed by atoms with Crippen LogP contribution in [0.1, 0.15) is 90.2 Å². The summed E-state index contributed by atoms with van der Waals surface area (Å²) in [6.45, 7) is 12.8. The fraction of sp³-hybridized carbons (Fsp3) is 0.750. The Hall–Kier alpha value is -0.440. The van der Waals surface area contributed by atoms with E-state index in [-0.39, 0.29) is 4.90 Å². The van der Waals surface area contributed by atoms with E-state index < -0.39 is 17.4 Å². The van der Waals surface area contributed by atoms with Gasteiger partial charge in [0, 0.05) is 7.26 Å². The highest BCUT2D eigenvalue weighted by molar-refractivity contribution is 7.85. The lowest BCUT2D eigenvalue weighted by molar-refractivity contribution is 0.462. The van der Waals surface area contributed by atoms with Crippen molar-refractivity contribution in [3.63, 3.8) is 0 Å². The number of unbranched alkanes of at least 4 members (excludes halogenated alkanes) is 4. The quantitative estimate of drug-likeness (QED) is 0.235. The summed E-state index contributed by atoms with van der Waals surface area (Å²) in [5.74, 6) is 0. The van der Waals surface area contributed by atoms with Crippen LogP contribution in [0.3, 0.4) is 0 Å². The number of hydrogen-bond donors (Lipinski definition) is 0. The highest BCUT2D eigenvalue weighted by atomic mass is 32.2. The van der Waals surface area contributed by atoms with Crippen molar-refractivity contribution in [2.75, 3.05) is 24.6 Å². The van der Waals surface area contributed by atoms with Gasteiger partial charge in [0.25, 0.3) is 0 Å². The minimum atomic E-state index is -4.31. The van der Waals surface area contributed by atoms with Crippen LogP contribution in [0, 0.1) is 13.8 Å². The van der Waals surface area contributed by atoms with Crippen molar-refractivity contribution < 1.29 is 13.0 Å². The number of aryl methyl sites for hydroxylation is 1. The zero-order valence-corrected chi connectivity index (χ0v) is 21.5. The summed E-state index contributed by atoms with van der Waals surface area (Å²) in [5.41, 5.74) is 1.35. The average molecular weight is 445 g/mol. The van der Waals surface area contributed by atoms with E-state index in [2.05, 4.69) is 27.7 Å². The average Bonchev–Trinajstić information content (AvgIpc) is 2.68. The van der Waals surface area contributed by atoms with Gasteiger partial charge in [0.15, 0.2) is 0 Å². The van der Waals surface area contributed by atoms with Crippen molar-refractivity contribution in [1.82, 2.24) is 0 Å². The van der Waals surface area contributed by atoms with E-state index in [4.69, 9.17) is 0 Å². The molecule has 0 bridgehead atoms. The highest BCUT2D eigenvalue weighted by Crippen LogP contribution is 2.61. The third-order valence-electron chi connectivity index (χ3n) is 5.77. The van der Waals surface area contributed by atoms with Gasteiger partial charge in [-0.05, 0) is 56.7 Å². The number of hydrogen-bond acceptors (Lipinski definition) is 3. The Bertz CT molecular complexity index is 619. The first-order chi connectivity index (χ1) is 13.7. The fourth-order valence-corrected chi connectivity index (χ4v) is 9.71. The van der Waals surface area contributed by atoms with Gasteiger partial charge < -0.3 is 4.55 Å². The Kier molecular flexibility index (Phi) is 15.1. The lowest BCUT2D eigenvalue weighted by atomic mass is 10.1. The molecule has 0 atom stereocenters. The van der Waals surface area contributed by atoms with Crippen molar-refractivity contribution in [2.24, 2.45) is 0 Å². The van der Waals surface area contributed by atoms with E-state index in [1.54, 1.807) is 50.6 Å². The molecule has 3 nitrogen and oxygen atoms in total. The van der Waals surface area contributed by atoms with Crippen molar-refractivity contribution in [3.05, 3.63) is 29.3 Å². The van der Waals surface area contributed by atoms with E-state index in [9.17, 15) is 13.0 Å². The van der Waals surface area contributed by atoms with Crippen LogP contribution in [0.2, 0.25) is 0 Å². The fourth-order valence-electron chi connectivity index (χ4n) is 3.64. The summed E-state index contributed by atoms with van der Waals surface area (Å²) in [6.07, 6.45) is 17.9. The second-order valence-electron chi connectivity index (χ2n) is 8.30.